The molecule has 0 N–H and O–H groups in total. The van der Waals surface area contributed by atoms with Gasteiger partial charge in [0.1, 0.15) is 0 Å². The fourth-order valence-electron chi connectivity index (χ4n) is 0. The van der Waals surface area contributed by atoms with Gasteiger partial charge in [0, 0.05) is 0 Å². The predicted molar refractivity (Wildman–Crippen MR) is 1.37 cm³/mol. The molecule has 0 saturated carbocycles. The predicted octanol–water partition coefficient (Wildman–Crippen LogP) is -0.238. The second-order valence-electron chi connectivity index (χ2n) is 0. The van der Waals surface area contributed by atoms with Gasteiger partial charge in [0.05, 0.1) is 0 Å². The molecule has 2 nitrogen and oxygen atoms in total. The first-order valence-corrected chi connectivity index (χ1v) is 2.10. The molecule has 4 heavy (non-hydrogen) atoms. The zero-order chi connectivity index (χ0) is 4.00. The van der Waals surface area contributed by atoms with Gasteiger partial charge in [0.2, 0.25) is 0 Å². The maximum absolute atomic E-state index is 8.31. The summed E-state index contributed by atoms with van der Waals surface area (Å²) in [5, 5.41) is 0. The van der Waals surface area contributed by atoms with Crippen LogP contribution in [-0.2, 0) is 1.36 Å². The third-order valence-corrected chi connectivity index (χ3v) is 0. The molecule has 29 valence electrons. The van der Waals surface area contributed by atoms with Crippen LogP contribution in [0.25, 0.3) is 0 Å². The third kappa shape index (κ3) is 8.82. The average molecular weight is 346 g/mol. The van der Waals surface area contributed by atoms with Crippen molar-refractivity contribution in [3.05, 3.63) is 0 Å². The Morgan fingerprint density at radius 3 is 1.25 bits per heavy atom. The zero-order valence-electron chi connectivity index (χ0n) is 1.51. The van der Waals surface area contributed by atoms with Crippen LogP contribution in [0.5, 0.6) is 0 Å². The monoisotopic (exact) mass is 349 g/mol. The fraction of sp³-hybridized carbons (Fsp3) is 0. The molecule has 0 fully saturated rings. The second-order valence-corrected chi connectivity index (χ2v) is 0. The Kier molecular flexibility index (Phi) is 43.5. The third-order valence-electron chi connectivity index (χ3n) is 0. The van der Waals surface area contributed by atoms with E-state index in [1.54, 1.807) is 0 Å². The number of hydrogen-bond donors (Lipinski definition) is 0. The van der Waals surface area contributed by atoms with Crippen molar-refractivity contribution < 1.29 is 84.9 Å². The van der Waals surface area contributed by atoms with Gasteiger partial charge in [-0.15, -0.1) is 0 Å². The Labute approximate surface area is 82.2 Å². The van der Waals surface area contributed by atoms with Gasteiger partial charge in [-0.2, -0.15) is 0 Å². The Balaban J connectivity index is 0. The molecule has 0 aromatic carbocycles. The van der Waals surface area contributed by atoms with Crippen molar-refractivity contribution in [2.45, 2.75) is 0 Å². The van der Waals surface area contributed by atoms with Gasteiger partial charge in [-0.3, -0.25) is 0 Å². The Morgan fingerprint density at radius 1 is 1.25 bits per heavy atom. The minimum atomic E-state index is 0.472. The van der Waals surface area contributed by atoms with E-state index in [1.165, 1.54) is 0 Å². The van der Waals surface area contributed by atoms with Gasteiger partial charge in [0.25, 0.3) is 0 Å². The quantitative estimate of drug-likeness (QED) is 0.607. The first-order valence-electron chi connectivity index (χ1n) is 0.283. The molecule has 0 radical (unpaired) electrons. The normalized spacial score (nSPS) is 2.50. The van der Waals surface area contributed by atoms with Crippen LogP contribution in [0, 0.1) is 83.5 Å². The summed E-state index contributed by atoms with van der Waals surface area (Å²) in [7, 11) is 0. The summed E-state index contributed by atoms with van der Waals surface area (Å²) in [6.07, 6.45) is 0. The molecule has 0 saturated heterocycles. The molecule has 0 aromatic heterocycles. The summed E-state index contributed by atoms with van der Waals surface area (Å²) in [4.78, 5) is 0. The van der Waals surface area contributed by atoms with Crippen molar-refractivity contribution in [2.24, 2.45) is 0 Å². The van der Waals surface area contributed by atoms with Crippen LogP contribution < -0.4 is 0 Å². The van der Waals surface area contributed by atoms with Gasteiger partial charge in [-0.05, 0) is 0 Å². The molecule has 0 amide bonds. The number of hydrogen-bond acceptors (Lipinski definition) is 2. The summed E-state index contributed by atoms with van der Waals surface area (Å²) < 4.78 is 16.5. The van der Waals surface area contributed by atoms with Crippen LogP contribution in [0.15, 0.2) is 0 Å². The van der Waals surface area contributed by atoms with E-state index < -0.39 is 0 Å². The van der Waals surface area contributed by atoms with E-state index in [1.807, 2.05) is 0 Å². The summed E-state index contributed by atoms with van der Waals surface area (Å²) >= 11 is 1.36. The van der Waals surface area contributed by atoms with E-state index >= 15 is 0 Å². The van der Waals surface area contributed by atoms with Gasteiger partial charge >= 0.3 is 84.9 Å². The van der Waals surface area contributed by atoms with E-state index in [-0.39, 0.29) is 0 Å². The Morgan fingerprint density at radius 2 is 1.25 bits per heavy atom. The summed E-state index contributed by atoms with van der Waals surface area (Å²) in [6.45, 7) is 0. The minimum absolute atomic E-state index is 0.472. The fourth-order valence-corrected chi connectivity index (χ4v) is 0. The molecule has 0 aromatic rings. The molecule has 0 spiro atoms. The second kappa shape index (κ2) is 18.0. The van der Waals surface area contributed by atoms with Crippen molar-refractivity contribution in [1.82, 2.24) is 0 Å². The molecule has 0 bridgehead atoms. The van der Waals surface area contributed by atoms with Crippen LogP contribution in [0.3, 0.4) is 0 Å². The van der Waals surface area contributed by atoms with Crippen LogP contribution >= 0.6 is 0 Å². The van der Waals surface area contributed by atoms with E-state index in [0.29, 0.717) is 47.2 Å². The van der Waals surface area contributed by atoms with Gasteiger partial charge in [0.15, 0.2) is 0 Å². The molecule has 0 aliphatic rings. The molecule has 0 heterocycles. The van der Waals surface area contributed by atoms with E-state index in [2.05, 4.69) is 0 Å². The molecule has 0 aliphatic heterocycles. The summed E-state index contributed by atoms with van der Waals surface area (Å²) in [6, 6.07) is 0. The van der Waals surface area contributed by atoms with Crippen LogP contribution in [0.2, 0.25) is 0 Å². The van der Waals surface area contributed by atoms with E-state index in [4.69, 9.17) is 1.36 Å². The van der Waals surface area contributed by atoms with E-state index in [9.17, 15) is 0 Å². The first-order chi connectivity index (χ1) is 2.00. The average Bonchev–Trinajstić information content (AvgIpc) is 1.50. The summed E-state index contributed by atoms with van der Waals surface area (Å²) in [5.74, 6) is 0. The Hall–Kier alpha value is 2.46. The molecule has 4 heteroatoms. The van der Waals surface area contributed by atoms with Crippen molar-refractivity contribution >= 4 is 0 Å². The molecule has 0 rings (SSSR count). The standard InChI is InChI=1S/Dy.Eu.2O. The van der Waals surface area contributed by atoms with Crippen LogP contribution in [0.1, 0.15) is 0 Å². The van der Waals surface area contributed by atoms with Crippen LogP contribution in [0.4, 0.5) is 0 Å². The van der Waals surface area contributed by atoms with Crippen molar-refractivity contribution in [2.75, 3.05) is 0 Å². The molecular formula is DyEuO2. The van der Waals surface area contributed by atoms with Gasteiger partial charge in [-0.25, -0.2) is 0 Å². The van der Waals surface area contributed by atoms with Gasteiger partial charge < -0.3 is 0 Å². The van der Waals surface area contributed by atoms with Crippen molar-refractivity contribution in [3.8, 4) is 0 Å². The van der Waals surface area contributed by atoms with Crippen molar-refractivity contribution in [3.63, 3.8) is 0 Å². The molecule has 0 aliphatic carbocycles. The molecular weight excluding hydrogens is 346 g/mol. The molecule has 0 unspecified atom stereocenters. The topological polar surface area (TPSA) is 34.1 Å². The molecule has 0 atom stereocenters. The first kappa shape index (κ1) is 9.68. The van der Waals surface area contributed by atoms with Gasteiger partial charge in [-0.1, -0.05) is 0 Å². The maximum atomic E-state index is 8.31. The number of rotatable bonds is 0. The summed E-state index contributed by atoms with van der Waals surface area (Å²) in [5.41, 5.74) is 0. The Bertz CT molecular complexity index is 8.00. The van der Waals surface area contributed by atoms with E-state index in [0.717, 1.165) is 36.3 Å². The van der Waals surface area contributed by atoms with Crippen LogP contribution in [-0.4, -0.2) is 0 Å². The zero-order valence-corrected chi connectivity index (χ0v) is 5.96. The SMILES string of the molecule is [O]=[Dy].[O]=[Eu]. The van der Waals surface area contributed by atoms with Crippen molar-refractivity contribution in [1.29, 1.82) is 0 Å².